The second-order valence-corrected chi connectivity index (χ2v) is 3.54. The molecule has 0 aliphatic carbocycles. The van der Waals surface area contributed by atoms with Crippen molar-refractivity contribution in [3.8, 4) is 0 Å². The van der Waals surface area contributed by atoms with E-state index in [4.69, 9.17) is 35.2 Å². The van der Waals surface area contributed by atoms with Gasteiger partial charge in [0.1, 0.15) is 0 Å². The summed E-state index contributed by atoms with van der Waals surface area (Å²) in [5, 5.41) is 45.8. The molecule has 0 amide bonds. The number of hydrogen-bond donors (Lipinski definition) is 7. The summed E-state index contributed by atoms with van der Waals surface area (Å²) in [6, 6.07) is 0. The van der Waals surface area contributed by atoms with Crippen LogP contribution in [-0.2, 0) is 10.1 Å². The van der Waals surface area contributed by atoms with Gasteiger partial charge < -0.3 is 30.6 Å². The molecule has 0 unspecified atom stereocenters. The van der Waals surface area contributed by atoms with Crippen molar-refractivity contribution in [2.24, 2.45) is 0 Å². The minimum absolute atomic E-state index is 0.125. The molecule has 0 saturated heterocycles. The first-order valence-corrected chi connectivity index (χ1v) is 6.17. The highest BCUT2D eigenvalue weighted by molar-refractivity contribution is 7.85. The molecule has 0 aromatic rings. The summed E-state index contributed by atoms with van der Waals surface area (Å²) < 4.78 is 25.9. The van der Waals surface area contributed by atoms with Gasteiger partial charge in [-0.15, -0.1) is 0 Å². The van der Waals surface area contributed by atoms with Crippen molar-refractivity contribution >= 4 is 10.1 Å². The Bertz CT molecular complexity index is 156. The fraction of sp³-hybridized carbons (Fsp3) is 1.00. The third kappa shape index (κ3) is 411. The highest BCUT2D eigenvalue weighted by Crippen LogP contribution is 1.60. The summed E-state index contributed by atoms with van der Waals surface area (Å²) >= 11 is 0. The van der Waals surface area contributed by atoms with Crippen LogP contribution in [0.15, 0.2) is 0 Å². The molecule has 0 bridgehead atoms. The van der Waals surface area contributed by atoms with Crippen LogP contribution in [0, 0.1) is 0 Å². The van der Waals surface area contributed by atoms with Crippen molar-refractivity contribution in [3.05, 3.63) is 0 Å². The second kappa shape index (κ2) is 24.8. The molecule has 0 radical (unpaired) electrons. The first-order valence-electron chi connectivity index (χ1n) is 4.32. The maximum Gasteiger partial charge on any atom is 0.261 e. The molecular weight excluding hydrogens is 260 g/mol. The molecular formula is C7H22O9S. The van der Waals surface area contributed by atoms with E-state index in [-0.39, 0.29) is 39.6 Å². The predicted molar refractivity (Wildman–Crippen MR) is 60.0 cm³/mol. The molecule has 10 heteroatoms. The van der Waals surface area contributed by atoms with Gasteiger partial charge in [-0.25, -0.2) is 0 Å². The van der Waals surface area contributed by atoms with Gasteiger partial charge in [0.15, 0.2) is 0 Å². The Morgan fingerprint density at radius 2 is 0.706 bits per heavy atom. The van der Waals surface area contributed by atoms with Gasteiger partial charge in [-0.1, -0.05) is 0 Å². The van der Waals surface area contributed by atoms with Crippen molar-refractivity contribution < 1.29 is 43.6 Å². The molecule has 0 aliphatic rings. The molecule has 7 N–H and O–H groups in total. The van der Waals surface area contributed by atoms with E-state index in [1.165, 1.54) is 0 Å². The zero-order valence-corrected chi connectivity index (χ0v) is 10.4. The molecule has 0 fully saturated rings. The molecule has 0 aromatic carbocycles. The van der Waals surface area contributed by atoms with Gasteiger partial charge in [0.05, 0.1) is 45.9 Å². The Labute approximate surface area is 100 Å². The van der Waals surface area contributed by atoms with Gasteiger partial charge in [-0.05, 0) is 0 Å². The smallest absolute Gasteiger partial charge is 0.261 e. The summed E-state index contributed by atoms with van der Waals surface area (Å²) in [7, 11) is -3.67. The number of rotatable bonds is 3. The molecule has 0 heterocycles. The second-order valence-electron chi connectivity index (χ2n) is 2.07. The lowest BCUT2D eigenvalue weighted by molar-refractivity contribution is 0.186. The van der Waals surface area contributed by atoms with Crippen molar-refractivity contribution in [3.63, 3.8) is 0 Å². The molecule has 110 valence electrons. The molecule has 9 nitrogen and oxygen atoms in total. The van der Waals surface area contributed by atoms with E-state index in [2.05, 4.69) is 0 Å². The third-order valence-electron chi connectivity index (χ3n) is 0.300. The van der Waals surface area contributed by atoms with E-state index in [0.717, 1.165) is 0 Å². The zero-order valence-electron chi connectivity index (χ0n) is 9.60. The lowest BCUT2D eigenvalue weighted by Crippen LogP contribution is -1.88. The summed E-state index contributed by atoms with van der Waals surface area (Å²) in [6.07, 6.45) is 0.715. The van der Waals surface area contributed by atoms with Crippen molar-refractivity contribution in [1.29, 1.82) is 0 Å². The van der Waals surface area contributed by atoms with Gasteiger partial charge in [0.2, 0.25) is 0 Å². The maximum absolute atomic E-state index is 9.19. The Hall–Kier alpha value is -0.330. The average molecular weight is 282 g/mol. The van der Waals surface area contributed by atoms with E-state index in [1.54, 1.807) is 0 Å². The Morgan fingerprint density at radius 1 is 0.647 bits per heavy atom. The van der Waals surface area contributed by atoms with E-state index < -0.39 is 10.1 Å². The van der Waals surface area contributed by atoms with Crippen LogP contribution in [0.4, 0.5) is 0 Å². The molecule has 0 saturated carbocycles. The predicted octanol–water partition coefficient (Wildman–Crippen LogP) is -3.58. The van der Waals surface area contributed by atoms with E-state index in [1.807, 2.05) is 0 Å². The van der Waals surface area contributed by atoms with Crippen molar-refractivity contribution in [2.75, 3.05) is 45.9 Å². The van der Waals surface area contributed by atoms with Gasteiger partial charge in [-0.2, -0.15) is 8.42 Å². The molecule has 0 aromatic heterocycles. The maximum atomic E-state index is 9.19. The van der Waals surface area contributed by atoms with Crippen LogP contribution in [0.25, 0.3) is 0 Å². The highest BCUT2D eigenvalue weighted by atomic mass is 32.2. The highest BCUT2D eigenvalue weighted by Gasteiger charge is 1.81. The van der Waals surface area contributed by atoms with E-state index in [0.29, 0.717) is 6.26 Å². The van der Waals surface area contributed by atoms with Crippen LogP contribution in [-0.4, -0.2) is 89.5 Å². The minimum atomic E-state index is -3.67. The lowest BCUT2D eigenvalue weighted by Gasteiger charge is -1.70. The van der Waals surface area contributed by atoms with Gasteiger partial charge >= 0.3 is 0 Å². The lowest BCUT2D eigenvalue weighted by atomic mass is 10.8. The summed E-state index contributed by atoms with van der Waals surface area (Å²) in [4.78, 5) is 0. The Balaban J connectivity index is -0.0000000667. The summed E-state index contributed by atoms with van der Waals surface area (Å²) in [5.74, 6) is 0. The largest absolute Gasteiger partial charge is 0.394 e. The Morgan fingerprint density at radius 3 is 0.706 bits per heavy atom. The quantitative estimate of drug-likeness (QED) is 0.258. The van der Waals surface area contributed by atoms with E-state index in [9.17, 15) is 8.42 Å². The van der Waals surface area contributed by atoms with Gasteiger partial charge in [0.25, 0.3) is 10.1 Å². The fourth-order valence-electron chi connectivity index (χ4n) is 0. The summed E-state index contributed by atoms with van der Waals surface area (Å²) in [5.41, 5.74) is 0. The number of aliphatic hydroxyl groups excluding tert-OH is 6. The number of hydrogen-bond acceptors (Lipinski definition) is 8. The zero-order chi connectivity index (χ0) is 14.7. The van der Waals surface area contributed by atoms with Crippen LogP contribution in [0.1, 0.15) is 0 Å². The van der Waals surface area contributed by atoms with Crippen molar-refractivity contribution in [1.82, 2.24) is 0 Å². The molecule has 0 aliphatic heterocycles. The van der Waals surface area contributed by atoms with E-state index >= 15 is 0 Å². The minimum Gasteiger partial charge on any atom is -0.394 e. The van der Waals surface area contributed by atoms with Crippen LogP contribution in [0.2, 0.25) is 0 Å². The van der Waals surface area contributed by atoms with Crippen LogP contribution in [0.5, 0.6) is 0 Å². The standard InChI is InChI=1S/3C2H6O2.CH4O3S/c3*3-1-2-4;1-5(2,3)4/h3*3-4H,1-2H2;1H3,(H,2,3,4). The summed E-state index contributed by atoms with van der Waals surface area (Å²) in [6.45, 7) is -0.750. The molecule has 0 rings (SSSR count). The van der Waals surface area contributed by atoms with Crippen molar-refractivity contribution in [2.45, 2.75) is 0 Å². The molecule has 0 spiro atoms. The first kappa shape index (κ1) is 25.5. The van der Waals surface area contributed by atoms with Crippen LogP contribution >= 0.6 is 0 Å². The third-order valence-corrected chi connectivity index (χ3v) is 0.300. The van der Waals surface area contributed by atoms with Crippen LogP contribution < -0.4 is 0 Å². The normalized spacial score (nSPS) is 8.71. The number of aliphatic hydroxyl groups is 6. The molecule has 17 heavy (non-hydrogen) atoms. The van der Waals surface area contributed by atoms with Gasteiger partial charge in [-0.3, -0.25) is 4.55 Å². The molecule has 0 atom stereocenters. The van der Waals surface area contributed by atoms with Crippen LogP contribution in [0.3, 0.4) is 0 Å². The van der Waals surface area contributed by atoms with Gasteiger partial charge in [0, 0.05) is 0 Å². The monoisotopic (exact) mass is 282 g/mol. The SMILES string of the molecule is CS(=O)(=O)O.OCCO.OCCO.OCCO. The first-order chi connectivity index (χ1) is 7.74. The average Bonchev–Trinajstić information content (AvgIpc) is 2.27. The Kier molecular flexibility index (Phi) is 37.1. The fourth-order valence-corrected chi connectivity index (χ4v) is 0. The topological polar surface area (TPSA) is 176 Å².